The Morgan fingerprint density at radius 2 is 1.79 bits per heavy atom. The molecule has 0 unspecified atom stereocenters. The van der Waals surface area contributed by atoms with Gasteiger partial charge in [-0.3, -0.25) is 13.9 Å². The molecule has 128 valence electrons. The summed E-state index contributed by atoms with van der Waals surface area (Å²) in [6, 6.07) is 8.11. The van der Waals surface area contributed by atoms with Crippen molar-refractivity contribution in [2.75, 3.05) is 11.6 Å². The smallest absolute Gasteiger partial charge is 0.332 e. The van der Waals surface area contributed by atoms with Crippen molar-refractivity contribution in [3.05, 3.63) is 56.7 Å². The highest BCUT2D eigenvalue weighted by Gasteiger charge is 2.23. The number of benzene rings is 1. The van der Waals surface area contributed by atoms with Crippen LogP contribution in [0.15, 0.2) is 44.8 Å². The quantitative estimate of drug-likeness (QED) is 0.852. The first-order valence-corrected chi connectivity index (χ1v) is 9.51. The number of nitrogens with one attached hydrogen (secondary N) is 1. The van der Waals surface area contributed by atoms with Gasteiger partial charge in [-0.2, -0.15) is 0 Å². The molecule has 1 fully saturated rings. The van der Waals surface area contributed by atoms with Gasteiger partial charge in [0.15, 0.2) is 9.84 Å². The fraction of sp³-hybridized carbons (Fsp3) is 0.375. The molecule has 1 saturated carbocycles. The van der Waals surface area contributed by atoms with Gasteiger partial charge in [-0.15, -0.1) is 0 Å². The van der Waals surface area contributed by atoms with Crippen LogP contribution in [-0.2, 0) is 23.4 Å². The lowest BCUT2D eigenvalue weighted by atomic mass is 10.2. The van der Waals surface area contributed by atoms with Gasteiger partial charge in [0.25, 0.3) is 5.56 Å². The van der Waals surface area contributed by atoms with Crippen LogP contribution in [0.1, 0.15) is 18.4 Å². The third-order valence-corrected chi connectivity index (χ3v) is 5.15. The largest absolute Gasteiger partial charge is 0.368 e. The fourth-order valence-corrected chi connectivity index (χ4v) is 3.03. The summed E-state index contributed by atoms with van der Waals surface area (Å²) in [5, 5.41) is 3.20. The number of anilines is 1. The minimum atomic E-state index is -3.26. The van der Waals surface area contributed by atoms with E-state index in [2.05, 4.69) is 5.32 Å². The van der Waals surface area contributed by atoms with E-state index in [4.69, 9.17) is 0 Å². The van der Waals surface area contributed by atoms with E-state index in [-0.39, 0.29) is 17.0 Å². The van der Waals surface area contributed by atoms with Crippen LogP contribution < -0.4 is 16.6 Å². The van der Waals surface area contributed by atoms with Gasteiger partial charge in [0.1, 0.15) is 5.82 Å². The van der Waals surface area contributed by atoms with E-state index >= 15 is 0 Å². The number of sulfone groups is 1. The van der Waals surface area contributed by atoms with E-state index in [1.807, 2.05) is 0 Å². The van der Waals surface area contributed by atoms with Crippen molar-refractivity contribution in [1.29, 1.82) is 0 Å². The monoisotopic (exact) mass is 349 g/mol. The first-order valence-electron chi connectivity index (χ1n) is 7.62. The molecule has 0 atom stereocenters. The zero-order valence-electron chi connectivity index (χ0n) is 13.5. The van der Waals surface area contributed by atoms with Gasteiger partial charge in [-0.1, -0.05) is 12.1 Å². The van der Waals surface area contributed by atoms with Gasteiger partial charge in [0, 0.05) is 25.4 Å². The van der Waals surface area contributed by atoms with E-state index in [9.17, 15) is 18.0 Å². The molecule has 3 rings (SSSR count). The van der Waals surface area contributed by atoms with Crippen LogP contribution in [0.4, 0.5) is 5.82 Å². The summed E-state index contributed by atoms with van der Waals surface area (Å²) >= 11 is 0. The summed E-state index contributed by atoms with van der Waals surface area (Å²) in [6.07, 6.45) is 3.19. The van der Waals surface area contributed by atoms with Crippen LogP contribution in [-0.4, -0.2) is 29.8 Å². The molecular weight excluding hydrogens is 330 g/mol. The Bertz CT molecular complexity index is 983. The van der Waals surface area contributed by atoms with Gasteiger partial charge in [0.2, 0.25) is 0 Å². The van der Waals surface area contributed by atoms with Gasteiger partial charge in [0.05, 0.1) is 11.4 Å². The molecule has 1 N–H and O–H groups in total. The summed E-state index contributed by atoms with van der Waals surface area (Å²) in [7, 11) is -1.82. The van der Waals surface area contributed by atoms with E-state index in [0.717, 1.165) is 29.2 Å². The molecule has 1 aliphatic rings. The average molecular weight is 349 g/mol. The number of hydrogen-bond donors (Lipinski definition) is 1. The highest BCUT2D eigenvalue weighted by atomic mass is 32.2. The SMILES string of the molecule is Cn1c(=O)cc(NC2CC2)n(Cc2ccc(S(C)(=O)=O)cc2)c1=O. The summed E-state index contributed by atoms with van der Waals surface area (Å²) in [6.45, 7) is 0.256. The zero-order valence-corrected chi connectivity index (χ0v) is 14.3. The number of aromatic nitrogens is 2. The van der Waals surface area contributed by atoms with E-state index in [0.29, 0.717) is 11.9 Å². The van der Waals surface area contributed by atoms with Crippen molar-refractivity contribution in [3.8, 4) is 0 Å². The van der Waals surface area contributed by atoms with Gasteiger partial charge in [-0.05, 0) is 30.5 Å². The van der Waals surface area contributed by atoms with Crippen molar-refractivity contribution in [3.63, 3.8) is 0 Å². The summed E-state index contributed by atoms with van der Waals surface area (Å²) in [5.74, 6) is 0.498. The van der Waals surface area contributed by atoms with E-state index in [1.165, 1.54) is 29.8 Å². The second-order valence-corrected chi connectivity index (χ2v) is 8.15. The average Bonchev–Trinajstić information content (AvgIpc) is 3.33. The lowest BCUT2D eigenvalue weighted by molar-refractivity contribution is 0.601. The lowest BCUT2D eigenvalue weighted by Gasteiger charge is -2.15. The minimum Gasteiger partial charge on any atom is -0.368 e. The van der Waals surface area contributed by atoms with Crippen molar-refractivity contribution in [2.45, 2.75) is 30.3 Å². The molecule has 0 radical (unpaired) electrons. The number of hydrogen-bond acceptors (Lipinski definition) is 5. The number of nitrogens with zero attached hydrogens (tertiary/aromatic N) is 2. The molecule has 1 aromatic carbocycles. The maximum Gasteiger partial charge on any atom is 0.332 e. The van der Waals surface area contributed by atoms with Crippen molar-refractivity contribution in [1.82, 2.24) is 9.13 Å². The highest BCUT2D eigenvalue weighted by Crippen LogP contribution is 2.24. The Morgan fingerprint density at radius 1 is 1.17 bits per heavy atom. The fourth-order valence-electron chi connectivity index (χ4n) is 2.40. The maximum absolute atomic E-state index is 12.4. The molecule has 0 amide bonds. The summed E-state index contributed by atoms with van der Waals surface area (Å²) in [4.78, 5) is 24.5. The maximum atomic E-state index is 12.4. The molecular formula is C16H19N3O4S. The van der Waals surface area contributed by atoms with E-state index < -0.39 is 15.5 Å². The molecule has 1 heterocycles. The Balaban J connectivity index is 1.98. The van der Waals surface area contributed by atoms with Crippen LogP contribution in [0.2, 0.25) is 0 Å². The summed E-state index contributed by atoms with van der Waals surface area (Å²) in [5.41, 5.74) is 0.0201. The highest BCUT2D eigenvalue weighted by molar-refractivity contribution is 7.90. The summed E-state index contributed by atoms with van der Waals surface area (Å²) < 4.78 is 25.6. The van der Waals surface area contributed by atoms with Crippen molar-refractivity contribution >= 4 is 15.7 Å². The van der Waals surface area contributed by atoms with Crippen LogP contribution in [0, 0.1) is 0 Å². The second-order valence-electron chi connectivity index (χ2n) is 6.13. The first-order chi connectivity index (χ1) is 11.3. The second kappa shape index (κ2) is 5.94. The topological polar surface area (TPSA) is 90.2 Å². The molecule has 2 aromatic rings. The van der Waals surface area contributed by atoms with E-state index in [1.54, 1.807) is 12.1 Å². The predicted molar refractivity (Wildman–Crippen MR) is 91.2 cm³/mol. The van der Waals surface area contributed by atoms with Gasteiger partial charge >= 0.3 is 5.69 Å². The normalized spacial score (nSPS) is 14.6. The molecule has 7 nitrogen and oxygen atoms in total. The van der Waals surface area contributed by atoms with Gasteiger partial charge < -0.3 is 5.32 Å². The first kappa shape index (κ1) is 16.5. The zero-order chi connectivity index (χ0) is 17.5. The Hall–Kier alpha value is -2.35. The molecule has 0 aliphatic heterocycles. The number of rotatable bonds is 5. The van der Waals surface area contributed by atoms with Crippen molar-refractivity contribution in [2.24, 2.45) is 7.05 Å². The molecule has 1 aliphatic carbocycles. The van der Waals surface area contributed by atoms with Crippen LogP contribution in [0.3, 0.4) is 0 Å². The third-order valence-electron chi connectivity index (χ3n) is 4.02. The molecule has 0 spiro atoms. The molecule has 1 aromatic heterocycles. The Labute approximate surface area is 139 Å². The molecule has 0 saturated heterocycles. The van der Waals surface area contributed by atoms with Crippen LogP contribution >= 0.6 is 0 Å². The minimum absolute atomic E-state index is 0.232. The van der Waals surface area contributed by atoms with Crippen molar-refractivity contribution < 1.29 is 8.42 Å². The third kappa shape index (κ3) is 3.43. The Kier molecular flexibility index (Phi) is 4.08. The Morgan fingerprint density at radius 3 is 2.33 bits per heavy atom. The molecule has 8 heteroatoms. The van der Waals surface area contributed by atoms with Crippen LogP contribution in [0.5, 0.6) is 0 Å². The molecule has 24 heavy (non-hydrogen) atoms. The van der Waals surface area contributed by atoms with Gasteiger partial charge in [-0.25, -0.2) is 13.2 Å². The predicted octanol–water partition coefficient (Wildman–Crippen LogP) is 0.573. The lowest BCUT2D eigenvalue weighted by Crippen LogP contribution is -2.39. The van der Waals surface area contributed by atoms with Crippen LogP contribution in [0.25, 0.3) is 0 Å². The molecule has 0 bridgehead atoms. The standard InChI is InChI=1S/C16H19N3O4S/c1-18-15(20)9-14(17-12-5-6-12)19(16(18)21)10-11-3-7-13(8-4-11)24(2,22)23/h3-4,7-9,12,17H,5-6,10H2,1-2H3.